The van der Waals surface area contributed by atoms with Crippen LogP contribution in [0.25, 0.3) is 0 Å². The van der Waals surface area contributed by atoms with E-state index in [0.717, 1.165) is 0 Å². The number of carbonyl (C=O) groups excluding carboxylic acids is 2. The average Bonchev–Trinajstić information content (AvgIpc) is 2.99. The van der Waals surface area contributed by atoms with Crippen molar-refractivity contribution in [1.82, 2.24) is 5.32 Å². The third kappa shape index (κ3) is 3.51. The summed E-state index contributed by atoms with van der Waals surface area (Å²) in [6.45, 7) is 3.81. The largest absolute Gasteiger partial charge is 0.367 e. The lowest BCUT2D eigenvalue weighted by Crippen LogP contribution is -2.42. The molecule has 1 saturated carbocycles. The molecule has 0 bridgehead atoms. The SMILES string of the molecule is CC1(C)[C@@H](C=C(Cl)Cl)[C@@H]1C(=O)N[C@H](O)C(=O)c1ccccc1. The maximum atomic E-state index is 12.2. The Labute approximate surface area is 139 Å². The van der Waals surface area contributed by atoms with Crippen LogP contribution in [0.2, 0.25) is 0 Å². The summed E-state index contributed by atoms with van der Waals surface area (Å²) in [7, 11) is 0. The molecule has 1 aromatic carbocycles. The van der Waals surface area contributed by atoms with Gasteiger partial charge in [-0.05, 0) is 17.4 Å². The molecule has 0 aliphatic heterocycles. The second-order valence-corrected chi connectivity index (χ2v) is 6.93. The van der Waals surface area contributed by atoms with Gasteiger partial charge < -0.3 is 10.4 Å². The van der Waals surface area contributed by atoms with Crippen LogP contribution in [-0.2, 0) is 4.79 Å². The zero-order valence-corrected chi connectivity index (χ0v) is 13.7. The molecule has 0 saturated heterocycles. The van der Waals surface area contributed by atoms with E-state index in [2.05, 4.69) is 5.32 Å². The van der Waals surface area contributed by atoms with Gasteiger partial charge in [-0.2, -0.15) is 0 Å². The van der Waals surface area contributed by atoms with Crippen LogP contribution in [0.3, 0.4) is 0 Å². The Bertz CT molecular complexity index is 609. The lowest BCUT2D eigenvalue weighted by molar-refractivity contribution is -0.125. The van der Waals surface area contributed by atoms with Crippen molar-refractivity contribution in [1.29, 1.82) is 0 Å². The van der Waals surface area contributed by atoms with Gasteiger partial charge in [-0.25, -0.2) is 0 Å². The number of allylic oxidation sites excluding steroid dienone is 1. The summed E-state index contributed by atoms with van der Waals surface area (Å²) in [5, 5.41) is 12.3. The van der Waals surface area contributed by atoms with Gasteiger partial charge in [0.25, 0.3) is 0 Å². The second kappa shape index (κ2) is 6.41. The highest BCUT2D eigenvalue weighted by Gasteiger charge is 2.60. The van der Waals surface area contributed by atoms with Crippen molar-refractivity contribution >= 4 is 34.9 Å². The molecule has 1 aliphatic rings. The van der Waals surface area contributed by atoms with Crippen molar-refractivity contribution in [3.8, 4) is 0 Å². The normalized spacial score (nSPS) is 23.3. The van der Waals surface area contributed by atoms with Crippen molar-refractivity contribution < 1.29 is 14.7 Å². The number of aliphatic hydroxyl groups excluding tert-OH is 1. The van der Waals surface area contributed by atoms with Gasteiger partial charge in [-0.1, -0.05) is 67.4 Å². The molecule has 3 atom stereocenters. The van der Waals surface area contributed by atoms with Crippen LogP contribution >= 0.6 is 23.2 Å². The number of hydrogen-bond donors (Lipinski definition) is 2. The van der Waals surface area contributed by atoms with Gasteiger partial charge in [0.05, 0.1) is 5.92 Å². The molecule has 6 heteroatoms. The molecule has 1 aromatic rings. The van der Waals surface area contributed by atoms with E-state index in [9.17, 15) is 14.7 Å². The lowest BCUT2D eigenvalue weighted by atomic mass is 10.1. The topological polar surface area (TPSA) is 66.4 Å². The maximum absolute atomic E-state index is 12.2. The fourth-order valence-electron chi connectivity index (χ4n) is 2.68. The van der Waals surface area contributed by atoms with Gasteiger partial charge in [-0.15, -0.1) is 0 Å². The van der Waals surface area contributed by atoms with Crippen LogP contribution in [-0.4, -0.2) is 23.0 Å². The predicted octanol–water partition coefficient (Wildman–Crippen LogP) is 2.90. The average molecular weight is 342 g/mol. The summed E-state index contributed by atoms with van der Waals surface area (Å²) in [5.41, 5.74) is 0.0276. The summed E-state index contributed by atoms with van der Waals surface area (Å²) in [6, 6.07) is 8.31. The van der Waals surface area contributed by atoms with Crippen LogP contribution in [0.1, 0.15) is 24.2 Å². The molecule has 1 fully saturated rings. The molecule has 1 aliphatic carbocycles. The number of carbonyl (C=O) groups is 2. The lowest BCUT2D eigenvalue weighted by Gasteiger charge is -2.12. The molecule has 0 heterocycles. The Hall–Kier alpha value is -1.36. The number of aliphatic hydroxyl groups is 1. The summed E-state index contributed by atoms with van der Waals surface area (Å²) in [4.78, 5) is 24.2. The van der Waals surface area contributed by atoms with E-state index in [0.29, 0.717) is 5.56 Å². The van der Waals surface area contributed by atoms with Crippen LogP contribution < -0.4 is 5.32 Å². The number of hydrogen-bond acceptors (Lipinski definition) is 3. The first-order valence-electron chi connectivity index (χ1n) is 6.85. The Morgan fingerprint density at radius 1 is 1.27 bits per heavy atom. The number of Topliss-reactive ketones (excluding diaryl/α,β-unsaturated/α-hetero) is 1. The zero-order chi connectivity index (χ0) is 16.5. The molecule has 22 heavy (non-hydrogen) atoms. The van der Waals surface area contributed by atoms with E-state index in [4.69, 9.17) is 23.2 Å². The number of rotatable bonds is 5. The van der Waals surface area contributed by atoms with Gasteiger partial charge in [0.15, 0.2) is 6.23 Å². The van der Waals surface area contributed by atoms with Gasteiger partial charge >= 0.3 is 0 Å². The van der Waals surface area contributed by atoms with Crippen molar-refractivity contribution in [2.24, 2.45) is 17.3 Å². The molecule has 118 valence electrons. The predicted molar refractivity (Wildman–Crippen MR) is 85.5 cm³/mol. The van der Waals surface area contributed by atoms with E-state index in [-0.39, 0.29) is 21.7 Å². The van der Waals surface area contributed by atoms with E-state index in [1.807, 2.05) is 13.8 Å². The minimum absolute atomic E-state index is 0.106. The van der Waals surface area contributed by atoms with Crippen molar-refractivity contribution in [2.45, 2.75) is 20.1 Å². The maximum Gasteiger partial charge on any atom is 0.226 e. The Kier molecular flexibility index (Phi) is 4.95. The minimum atomic E-state index is -1.57. The fraction of sp³-hybridized carbons (Fsp3) is 0.375. The van der Waals surface area contributed by atoms with Crippen LogP contribution in [0.5, 0.6) is 0 Å². The number of nitrogens with one attached hydrogen (secondary N) is 1. The molecule has 0 spiro atoms. The highest BCUT2D eigenvalue weighted by molar-refractivity contribution is 6.55. The third-order valence-corrected chi connectivity index (χ3v) is 4.34. The number of benzene rings is 1. The van der Waals surface area contributed by atoms with Crippen LogP contribution in [0, 0.1) is 17.3 Å². The molecular formula is C16H17Cl2NO3. The summed E-state index contributed by atoms with van der Waals surface area (Å²) in [5.74, 6) is -1.43. The first-order chi connectivity index (χ1) is 10.2. The highest BCUT2D eigenvalue weighted by Crippen LogP contribution is 2.59. The number of ketones is 1. The standard InChI is InChI=1S/C16H17Cl2NO3/c1-16(2)10(8-11(17)18)12(16)14(21)19-15(22)13(20)9-6-4-3-5-7-9/h3-8,10,12,15,22H,1-2H3,(H,19,21)/t10-,12+,15+/m0/s1. The molecule has 0 aromatic heterocycles. The van der Waals surface area contributed by atoms with Gasteiger partial charge in [0.2, 0.25) is 11.7 Å². The summed E-state index contributed by atoms with van der Waals surface area (Å²) >= 11 is 11.3. The Balaban J connectivity index is 2.01. The van der Waals surface area contributed by atoms with Crippen molar-refractivity contribution in [3.05, 3.63) is 46.5 Å². The smallest absolute Gasteiger partial charge is 0.226 e. The van der Waals surface area contributed by atoms with E-state index >= 15 is 0 Å². The quantitative estimate of drug-likeness (QED) is 0.639. The second-order valence-electron chi connectivity index (χ2n) is 5.92. The number of amides is 1. The highest BCUT2D eigenvalue weighted by atomic mass is 35.5. The van der Waals surface area contributed by atoms with Gasteiger partial charge in [0, 0.05) is 5.56 Å². The third-order valence-electron chi connectivity index (χ3n) is 4.08. The van der Waals surface area contributed by atoms with Gasteiger partial charge in [0.1, 0.15) is 4.49 Å². The molecule has 0 radical (unpaired) electrons. The Morgan fingerprint density at radius 2 is 1.86 bits per heavy atom. The number of halogens is 2. The van der Waals surface area contributed by atoms with E-state index < -0.39 is 17.9 Å². The van der Waals surface area contributed by atoms with E-state index in [1.165, 1.54) is 0 Å². The minimum Gasteiger partial charge on any atom is -0.367 e. The zero-order valence-electron chi connectivity index (χ0n) is 12.2. The van der Waals surface area contributed by atoms with E-state index in [1.54, 1.807) is 36.4 Å². The monoisotopic (exact) mass is 341 g/mol. The molecule has 1 amide bonds. The fourth-order valence-corrected chi connectivity index (χ4v) is 2.95. The molecule has 2 N–H and O–H groups in total. The van der Waals surface area contributed by atoms with Crippen LogP contribution in [0.4, 0.5) is 0 Å². The summed E-state index contributed by atoms with van der Waals surface area (Å²) in [6.07, 6.45) is 0.0427. The Morgan fingerprint density at radius 3 is 2.41 bits per heavy atom. The molecular weight excluding hydrogens is 325 g/mol. The molecule has 0 unspecified atom stereocenters. The van der Waals surface area contributed by atoms with Crippen LogP contribution in [0.15, 0.2) is 40.9 Å². The first kappa shape index (κ1) is 17.0. The van der Waals surface area contributed by atoms with Gasteiger partial charge in [-0.3, -0.25) is 9.59 Å². The molecule has 4 nitrogen and oxygen atoms in total. The first-order valence-corrected chi connectivity index (χ1v) is 7.61. The van der Waals surface area contributed by atoms with Crippen molar-refractivity contribution in [3.63, 3.8) is 0 Å². The molecule has 2 rings (SSSR count). The summed E-state index contributed by atoms with van der Waals surface area (Å²) < 4.78 is 0.106. The van der Waals surface area contributed by atoms with Crippen molar-refractivity contribution in [2.75, 3.05) is 0 Å².